The van der Waals surface area contributed by atoms with Gasteiger partial charge in [-0.15, -0.1) is 0 Å². The molecule has 0 aromatic heterocycles. The molecule has 36 heavy (non-hydrogen) atoms. The second-order valence-electron chi connectivity index (χ2n) is 12.6. The van der Waals surface area contributed by atoms with Gasteiger partial charge in [-0.2, -0.15) is 0 Å². The van der Waals surface area contributed by atoms with E-state index in [1.54, 1.807) is 0 Å². The fourth-order valence-electron chi connectivity index (χ4n) is 9.17. The van der Waals surface area contributed by atoms with E-state index in [-0.39, 0.29) is 76.5 Å². The van der Waals surface area contributed by atoms with Crippen molar-refractivity contribution in [3.63, 3.8) is 0 Å². The molecule has 4 saturated carbocycles. The number of carbonyl (C=O) groups is 4. The first-order valence-electron chi connectivity index (χ1n) is 13.9. The third-order valence-electron chi connectivity index (χ3n) is 10.9. The molecular weight excluding hydrogens is 460 g/mol. The van der Waals surface area contributed by atoms with Crippen LogP contribution in [0.2, 0.25) is 0 Å². The maximum atomic E-state index is 13.8. The summed E-state index contributed by atoms with van der Waals surface area (Å²) in [6, 6.07) is 0. The van der Waals surface area contributed by atoms with Crippen LogP contribution in [0.4, 0.5) is 0 Å². The predicted molar refractivity (Wildman–Crippen MR) is 133 cm³/mol. The quantitative estimate of drug-likeness (QED) is 0.375. The monoisotopic (exact) mass is 504 g/mol. The smallest absolute Gasteiger partial charge is 0.305 e. The molecule has 7 nitrogen and oxygen atoms in total. The minimum Gasteiger partial charge on any atom is -0.469 e. The van der Waals surface area contributed by atoms with E-state index in [0.29, 0.717) is 25.0 Å². The molecule has 0 heterocycles. The Hall–Kier alpha value is -1.92. The van der Waals surface area contributed by atoms with Gasteiger partial charge in [0.25, 0.3) is 0 Å². The number of rotatable bonds is 6. The van der Waals surface area contributed by atoms with Gasteiger partial charge >= 0.3 is 17.9 Å². The number of ether oxygens (including phenoxy) is 3. The van der Waals surface area contributed by atoms with Crippen molar-refractivity contribution in [3.05, 3.63) is 0 Å². The van der Waals surface area contributed by atoms with Crippen LogP contribution in [-0.4, -0.2) is 43.0 Å². The van der Waals surface area contributed by atoms with Crippen LogP contribution >= 0.6 is 0 Å². The Morgan fingerprint density at radius 3 is 2.33 bits per heavy atom. The molecule has 7 heteroatoms. The van der Waals surface area contributed by atoms with Gasteiger partial charge in [-0.1, -0.05) is 20.8 Å². The predicted octanol–water partition coefficient (Wildman–Crippen LogP) is 4.89. The molecule has 0 unspecified atom stereocenters. The second kappa shape index (κ2) is 10.1. The van der Waals surface area contributed by atoms with Crippen molar-refractivity contribution in [3.8, 4) is 0 Å². The van der Waals surface area contributed by atoms with Crippen LogP contribution in [0.1, 0.15) is 92.4 Å². The molecule has 0 N–H and O–H groups in total. The number of methoxy groups -OCH3 is 1. The van der Waals surface area contributed by atoms with Crippen LogP contribution < -0.4 is 0 Å². The number of carbonyl (C=O) groups excluding carboxylic acids is 4. The Balaban J connectivity index is 1.63. The Kier molecular flexibility index (Phi) is 7.60. The van der Waals surface area contributed by atoms with Crippen LogP contribution in [0.5, 0.6) is 0 Å². The van der Waals surface area contributed by atoms with Crippen LogP contribution in [-0.2, 0) is 33.4 Å². The number of Topliss-reactive ketones (excluding diaryl/α,β-unsaturated/α-hetero) is 1. The SMILES string of the molecule is COC(=O)CC[C@@H](C)[C@@H]1CC[C@@H]2[C@@H]3C(=O)C[C@@H]4C[C@H](OC(C)=O)CC[C@]4(C)[C@H]3C[C@H](OC(C)=O)[C@@]21C. The van der Waals surface area contributed by atoms with Crippen molar-refractivity contribution in [2.24, 2.45) is 46.3 Å². The summed E-state index contributed by atoms with van der Waals surface area (Å²) in [7, 11) is 1.42. The van der Waals surface area contributed by atoms with E-state index in [1.807, 2.05) is 0 Å². The average molecular weight is 505 g/mol. The van der Waals surface area contributed by atoms with Gasteiger partial charge in [0.1, 0.15) is 18.0 Å². The third kappa shape index (κ3) is 4.60. The van der Waals surface area contributed by atoms with Gasteiger partial charge in [0, 0.05) is 38.0 Å². The topological polar surface area (TPSA) is 96.0 Å². The molecule has 0 saturated heterocycles. The summed E-state index contributed by atoms with van der Waals surface area (Å²) in [5, 5.41) is 0. The lowest BCUT2D eigenvalue weighted by atomic mass is 9.43. The maximum absolute atomic E-state index is 13.8. The second-order valence-corrected chi connectivity index (χ2v) is 12.6. The van der Waals surface area contributed by atoms with Crippen molar-refractivity contribution in [2.45, 2.75) is 105 Å². The first-order chi connectivity index (χ1) is 16.9. The Labute approximate surface area is 215 Å². The number of fused-ring (bicyclic) bond motifs is 5. The highest BCUT2D eigenvalue weighted by Crippen LogP contribution is 2.68. The van der Waals surface area contributed by atoms with Gasteiger partial charge in [0.2, 0.25) is 0 Å². The van der Waals surface area contributed by atoms with E-state index < -0.39 is 0 Å². The highest BCUT2D eigenvalue weighted by atomic mass is 16.5. The zero-order chi connectivity index (χ0) is 26.4. The first kappa shape index (κ1) is 27.1. The van der Waals surface area contributed by atoms with Gasteiger partial charge < -0.3 is 14.2 Å². The van der Waals surface area contributed by atoms with Gasteiger partial charge in [-0.25, -0.2) is 0 Å². The highest BCUT2D eigenvalue weighted by Gasteiger charge is 2.67. The molecule has 0 radical (unpaired) electrons. The van der Waals surface area contributed by atoms with Crippen molar-refractivity contribution in [2.75, 3.05) is 7.11 Å². The lowest BCUT2D eigenvalue weighted by Crippen LogP contribution is -2.62. The van der Waals surface area contributed by atoms with E-state index in [2.05, 4.69) is 20.8 Å². The maximum Gasteiger partial charge on any atom is 0.305 e. The van der Waals surface area contributed by atoms with E-state index in [1.165, 1.54) is 21.0 Å². The Morgan fingerprint density at radius 1 is 1.00 bits per heavy atom. The van der Waals surface area contributed by atoms with Gasteiger partial charge in [-0.05, 0) is 80.0 Å². The van der Waals surface area contributed by atoms with E-state index in [4.69, 9.17) is 14.2 Å². The molecular formula is C29H44O7. The Bertz CT molecular complexity index is 898. The lowest BCUT2D eigenvalue weighted by Gasteiger charge is -2.62. The van der Waals surface area contributed by atoms with Gasteiger partial charge in [0.05, 0.1) is 7.11 Å². The minimum atomic E-state index is -0.295. The van der Waals surface area contributed by atoms with Crippen molar-refractivity contribution in [1.82, 2.24) is 0 Å². The molecule has 10 atom stereocenters. The summed E-state index contributed by atoms with van der Waals surface area (Å²) >= 11 is 0. The fraction of sp³-hybridized carbons (Fsp3) is 0.862. The van der Waals surface area contributed by atoms with Gasteiger partial charge in [0.15, 0.2) is 0 Å². The average Bonchev–Trinajstić information content (AvgIpc) is 3.16. The van der Waals surface area contributed by atoms with Crippen molar-refractivity contribution < 1.29 is 33.4 Å². The number of hydrogen-bond donors (Lipinski definition) is 0. The standard InChI is InChI=1S/C29H44O7/c1-16(7-10-26(33)34-6)21-8-9-22-27-23(15-25(29(21,22)5)36-18(3)31)28(4)12-11-20(35-17(2)30)13-19(28)14-24(27)32/h16,19-23,25,27H,7-15H2,1-6H3/t16-,19+,20-,21+,22-,23+,25+,27+,28+,29-/m1/s1. The number of ketones is 1. The largest absolute Gasteiger partial charge is 0.469 e. The molecule has 4 aliphatic rings. The number of hydrogen-bond acceptors (Lipinski definition) is 7. The summed E-state index contributed by atoms with van der Waals surface area (Å²) < 4.78 is 16.5. The molecule has 0 bridgehead atoms. The molecule has 0 aliphatic heterocycles. The minimum absolute atomic E-state index is 0.0221. The normalized spacial score (nSPS) is 42.4. The van der Waals surface area contributed by atoms with Gasteiger partial charge in [-0.3, -0.25) is 19.2 Å². The third-order valence-corrected chi connectivity index (χ3v) is 10.9. The lowest BCUT2D eigenvalue weighted by molar-refractivity contribution is -0.197. The fourth-order valence-corrected chi connectivity index (χ4v) is 9.17. The molecule has 0 spiro atoms. The summed E-state index contributed by atoms with van der Waals surface area (Å²) in [6.07, 6.45) is 6.38. The van der Waals surface area contributed by atoms with Crippen LogP contribution in [0.15, 0.2) is 0 Å². The Morgan fingerprint density at radius 2 is 1.69 bits per heavy atom. The molecule has 4 aliphatic carbocycles. The number of esters is 3. The molecule has 4 fully saturated rings. The summed E-state index contributed by atoms with van der Waals surface area (Å²) in [5.74, 6) is 0.633. The highest BCUT2D eigenvalue weighted by molar-refractivity contribution is 5.83. The van der Waals surface area contributed by atoms with E-state index in [0.717, 1.165) is 38.5 Å². The van der Waals surface area contributed by atoms with Crippen LogP contribution in [0, 0.1) is 46.3 Å². The first-order valence-corrected chi connectivity index (χ1v) is 13.9. The zero-order valence-electron chi connectivity index (χ0n) is 22.8. The molecule has 0 aromatic rings. The summed E-state index contributed by atoms with van der Waals surface area (Å²) in [5.41, 5.74) is -0.334. The molecule has 202 valence electrons. The van der Waals surface area contributed by atoms with E-state index in [9.17, 15) is 19.2 Å². The van der Waals surface area contributed by atoms with Crippen LogP contribution in [0.3, 0.4) is 0 Å². The summed E-state index contributed by atoms with van der Waals surface area (Å²) in [4.78, 5) is 49.5. The molecule has 0 amide bonds. The molecule has 4 rings (SSSR count). The van der Waals surface area contributed by atoms with Crippen molar-refractivity contribution >= 4 is 23.7 Å². The zero-order valence-corrected chi connectivity index (χ0v) is 22.8. The van der Waals surface area contributed by atoms with Crippen LogP contribution in [0.25, 0.3) is 0 Å². The molecule has 0 aromatic carbocycles. The van der Waals surface area contributed by atoms with Crippen molar-refractivity contribution in [1.29, 1.82) is 0 Å². The van der Waals surface area contributed by atoms with E-state index >= 15 is 0 Å². The summed E-state index contributed by atoms with van der Waals surface area (Å²) in [6.45, 7) is 9.69.